The predicted octanol–water partition coefficient (Wildman–Crippen LogP) is 2.83. The summed E-state index contributed by atoms with van der Waals surface area (Å²) in [7, 11) is 1.70. The Morgan fingerprint density at radius 1 is 1.12 bits per heavy atom. The molecule has 0 spiro atoms. The molecule has 164 valence electrons. The van der Waals surface area contributed by atoms with E-state index in [2.05, 4.69) is 38.4 Å². The average molecular weight is 430 g/mol. The molecule has 0 aromatic carbocycles. The summed E-state index contributed by atoms with van der Waals surface area (Å²) in [5, 5.41) is 16.8. The molecule has 2 saturated heterocycles. The fourth-order valence-electron chi connectivity index (χ4n) is 4.86. The summed E-state index contributed by atoms with van der Waals surface area (Å²) in [5.74, 6) is 1.14. The Kier molecular flexibility index (Phi) is 5.39. The molecule has 1 N–H and O–H groups in total. The first kappa shape index (κ1) is 20.3. The average Bonchev–Trinajstić information content (AvgIpc) is 3.53. The first-order valence-electron chi connectivity index (χ1n) is 11.3. The Labute approximate surface area is 187 Å². The van der Waals surface area contributed by atoms with Gasteiger partial charge in [-0.15, -0.1) is 0 Å². The van der Waals surface area contributed by atoms with Gasteiger partial charge in [-0.3, -0.25) is 4.79 Å². The van der Waals surface area contributed by atoms with Gasteiger partial charge in [0, 0.05) is 56.5 Å². The Morgan fingerprint density at radius 3 is 2.56 bits per heavy atom. The molecule has 0 atom stereocenters. The molecule has 0 bridgehead atoms. The van der Waals surface area contributed by atoms with Crippen LogP contribution < -0.4 is 15.1 Å². The minimum absolute atomic E-state index is 0.0865. The number of fused-ring (bicyclic) bond motifs is 1. The van der Waals surface area contributed by atoms with Crippen molar-refractivity contribution < 1.29 is 4.79 Å². The molecule has 2 aliphatic heterocycles. The highest BCUT2D eigenvalue weighted by Gasteiger charge is 2.25. The van der Waals surface area contributed by atoms with Crippen molar-refractivity contribution in [3.63, 3.8) is 0 Å². The lowest BCUT2D eigenvalue weighted by Gasteiger charge is -2.32. The quantitative estimate of drug-likeness (QED) is 0.686. The molecular formula is C24H27N7O. The smallest absolute Gasteiger partial charge is 0.222 e. The van der Waals surface area contributed by atoms with Crippen LogP contribution in [0.15, 0.2) is 36.8 Å². The van der Waals surface area contributed by atoms with E-state index in [0.29, 0.717) is 5.56 Å². The number of piperidine rings is 1. The molecule has 0 aliphatic carbocycles. The molecule has 5 heterocycles. The van der Waals surface area contributed by atoms with Crippen molar-refractivity contribution in [3.05, 3.63) is 42.4 Å². The molecule has 3 aromatic rings. The molecule has 8 heteroatoms. The van der Waals surface area contributed by atoms with E-state index in [1.807, 2.05) is 23.0 Å². The van der Waals surface area contributed by atoms with E-state index in [1.165, 1.54) is 12.8 Å². The molecule has 0 unspecified atom stereocenters. The number of hydrogen-bond donors (Lipinski definition) is 1. The van der Waals surface area contributed by atoms with Gasteiger partial charge in [0.2, 0.25) is 5.91 Å². The molecule has 32 heavy (non-hydrogen) atoms. The van der Waals surface area contributed by atoms with Crippen molar-refractivity contribution in [1.82, 2.24) is 19.9 Å². The lowest BCUT2D eigenvalue weighted by Crippen LogP contribution is -2.39. The summed E-state index contributed by atoms with van der Waals surface area (Å²) in [6.07, 6.45) is 9.60. The van der Waals surface area contributed by atoms with E-state index < -0.39 is 0 Å². The van der Waals surface area contributed by atoms with Gasteiger partial charge in [0.05, 0.1) is 29.2 Å². The number of hydrogen-bond acceptors (Lipinski definition) is 6. The first-order valence-corrected chi connectivity index (χ1v) is 11.3. The number of rotatable bonds is 4. The molecule has 8 nitrogen and oxygen atoms in total. The maximum absolute atomic E-state index is 11.9. The van der Waals surface area contributed by atoms with Crippen LogP contribution in [-0.4, -0.2) is 53.7 Å². The van der Waals surface area contributed by atoms with E-state index in [1.54, 1.807) is 13.2 Å². The SMILES string of the molecule is CNC(=O)C1CCN(c2ccc(-c3cc(N4CCCC4)cn4ncc(C#N)c34)cn2)CC1. The Hall–Kier alpha value is -3.60. The summed E-state index contributed by atoms with van der Waals surface area (Å²) in [4.78, 5) is 21.2. The second kappa shape index (κ2) is 8.50. The number of nitriles is 1. The molecule has 3 aromatic heterocycles. The van der Waals surface area contributed by atoms with E-state index in [-0.39, 0.29) is 11.8 Å². The van der Waals surface area contributed by atoms with Crippen LogP contribution >= 0.6 is 0 Å². The summed E-state index contributed by atoms with van der Waals surface area (Å²) in [6.45, 7) is 3.72. The van der Waals surface area contributed by atoms with Crippen molar-refractivity contribution in [1.29, 1.82) is 5.26 Å². The van der Waals surface area contributed by atoms with Gasteiger partial charge in [0.25, 0.3) is 0 Å². The molecule has 2 fully saturated rings. The molecular weight excluding hydrogens is 402 g/mol. The highest BCUT2D eigenvalue weighted by molar-refractivity contribution is 5.86. The molecule has 2 aliphatic rings. The zero-order valence-corrected chi connectivity index (χ0v) is 18.3. The molecule has 0 saturated carbocycles. The number of nitrogens with one attached hydrogen (secondary N) is 1. The molecule has 1 amide bonds. The van der Waals surface area contributed by atoms with Crippen LogP contribution in [0, 0.1) is 17.2 Å². The summed E-state index contributed by atoms with van der Waals surface area (Å²) >= 11 is 0. The van der Waals surface area contributed by atoms with Crippen molar-refractivity contribution in [2.24, 2.45) is 5.92 Å². The summed E-state index contributed by atoms with van der Waals surface area (Å²) < 4.78 is 1.82. The fraction of sp³-hybridized carbons (Fsp3) is 0.417. The number of carbonyl (C=O) groups is 1. The van der Waals surface area contributed by atoms with Gasteiger partial charge in [-0.2, -0.15) is 10.4 Å². The van der Waals surface area contributed by atoms with Crippen LogP contribution in [0.3, 0.4) is 0 Å². The van der Waals surface area contributed by atoms with Crippen LogP contribution in [0.2, 0.25) is 0 Å². The number of aromatic nitrogens is 3. The second-order valence-electron chi connectivity index (χ2n) is 8.55. The zero-order valence-electron chi connectivity index (χ0n) is 18.3. The standard InChI is InChI=1S/C24H27N7O/c1-26-24(32)17-6-10-30(11-7-17)22-5-4-18(14-27-22)21-12-20(29-8-2-3-9-29)16-31-23(21)19(13-25)15-28-31/h4-5,12,14-17H,2-3,6-11H2,1H3,(H,26,32). The minimum atomic E-state index is 0.0865. The lowest BCUT2D eigenvalue weighted by atomic mass is 9.96. The van der Waals surface area contributed by atoms with Gasteiger partial charge < -0.3 is 15.1 Å². The first-order chi connectivity index (χ1) is 15.7. The van der Waals surface area contributed by atoms with Gasteiger partial charge in [-0.25, -0.2) is 9.50 Å². The lowest BCUT2D eigenvalue weighted by molar-refractivity contribution is -0.125. The monoisotopic (exact) mass is 429 g/mol. The van der Waals surface area contributed by atoms with Crippen molar-refractivity contribution >= 4 is 22.9 Å². The van der Waals surface area contributed by atoms with Crippen molar-refractivity contribution in [2.45, 2.75) is 25.7 Å². The normalized spacial score (nSPS) is 17.0. The Bertz CT molecular complexity index is 1160. The van der Waals surface area contributed by atoms with Crippen LogP contribution in [0.25, 0.3) is 16.6 Å². The van der Waals surface area contributed by atoms with Gasteiger partial charge in [0.1, 0.15) is 11.9 Å². The predicted molar refractivity (Wildman–Crippen MR) is 124 cm³/mol. The van der Waals surface area contributed by atoms with E-state index >= 15 is 0 Å². The summed E-state index contributed by atoms with van der Waals surface area (Å²) in [5.41, 5.74) is 4.44. The van der Waals surface area contributed by atoms with E-state index in [0.717, 1.165) is 67.2 Å². The second-order valence-corrected chi connectivity index (χ2v) is 8.55. The van der Waals surface area contributed by atoms with Crippen LogP contribution in [0.4, 0.5) is 11.5 Å². The zero-order chi connectivity index (χ0) is 22.1. The van der Waals surface area contributed by atoms with Crippen LogP contribution in [0.1, 0.15) is 31.2 Å². The number of amides is 1. The van der Waals surface area contributed by atoms with E-state index in [4.69, 9.17) is 4.98 Å². The number of nitrogens with zero attached hydrogens (tertiary/aromatic N) is 6. The topological polar surface area (TPSA) is 89.6 Å². The number of pyridine rings is 2. The highest BCUT2D eigenvalue weighted by atomic mass is 16.1. The third-order valence-electron chi connectivity index (χ3n) is 6.68. The number of anilines is 2. The van der Waals surface area contributed by atoms with Gasteiger partial charge in [-0.05, 0) is 43.9 Å². The molecule has 0 radical (unpaired) electrons. The fourth-order valence-corrected chi connectivity index (χ4v) is 4.86. The maximum atomic E-state index is 11.9. The van der Waals surface area contributed by atoms with Gasteiger partial charge >= 0.3 is 0 Å². The van der Waals surface area contributed by atoms with Crippen molar-refractivity contribution in [2.75, 3.05) is 43.0 Å². The third-order valence-corrected chi connectivity index (χ3v) is 6.68. The summed E-state index contributed by atoms with van der Waals surface area (Å²) in [6, 6.07) is 8.55. The van der Waals surface area contributed by atoms with Crippen LogP contribution in [-0.2, 0) is 4.79 Å². The van der Waals surface area contributed by atoms with Crippen LogP contribution in [0.5, 0.6) is 0 Å². The third kappa shape index (κ3) is 3.64. The Morgan fingerprint density at radius 2 is 1.91 bits per heavy atom. The van der Waals surface area contributed by atoms with Gasteiger partial charge in [0.15, 0.2) is 0 Å². The van der Waals surface area contributed by atoms with E-state index in [9.17, 15) is 10.1 Å². The molecule has 5 rings (SSSR count). The van der Waals surface area contributed by atoms with Crippen molar-refractivity contribution in [3.8, 4) is 17.2 Å². The van der Waals surface area contributed by atoms with Gasteiger partial charge in [-0.1, -0.05) is 0 Å². The number of carbonyl (C=O) groups excluding carboxylic acids is 1. The minimum Gasteiger partial charge on any atom is -0.370 e. The maximum Gasteiger partial charge on any atom is 0.222 e. The largest absolute Gasteiger partial charge is 0.370 e. The Balaban J connectivity index is 1.44. The highest BCUT2D eigenvalue weighted by Crippen LogP contribution is 2.33.